The number of alkyl halides is 2. The standard InChI is InChI=1S/C20H18ClF2N7O.C15H18BrClFN3O.C10H8FN4O.3C4H9.CH4.Sn/c1-8(2)26-19-17(23)16(21)15(10-4-25-29-18(10)19)12-6-30-7-13(27-14(30)5-24-12)28-20(31)9-3-11(9)22;1-8(2)19-15-13(18)12(17)11(16)9-7-21(20-14(9)15)10-5-3-4-6-22-10;11-7-3-6(7)10(16)14-8-5-15-2-1-12-4-9(15)13-8;3*1-3-4-2;;/h4-9,11,26H,3H2,1-2H3,(H,25,29)(H,28,31);7-8,10,19H,3-6H2,1-2H3;2,4-7H,3H2,(H,14,16);3*1,3-4H2,2H3;1H4;/t9-,11+;;6-,7+;;;;;/m1.1...../s1. The Morgan fingerprint density at radius 2 is 1.30 bits per heavy atom. The molecule has 5 atom stereocenters. The first-order valence-electron chi connectivity index (χ1n) is 28.5. The third-order valence-corrected chi connectivity index (χ3v) is 31.8. The van der Waals surface area contributed by atoms with E-state index in [9.17, 15) is 22.8 Å². The minimum atomic E-state index is -2.60. The molecule has 5 N–H and O–H groups in total. The van der Waals surface area contributed by atoms with Crippen LogP contribution in [-0.2, 0) is 14.3 Å². The molecule has 7 heterocycles. The van der Waals surface area contributed by atoms with Gasteiger partial charge in [-0.25, -0.2) is 22.8 Å². The summed E-state index contributed by atoms with van der Waals surface area (Å²) in [5, 5.41) is 24.3. The van der Waals surface area contributed by atoms with Crippen molar-refractivity contribution in [3.05, 3.63) is 75.7 Å². The summed E-state index contributed by atoms with van der Waals surface area (Å²) in [4.78, 5) is 42.1. The molecule has 1 aliphatic heterocycles. The molecule has 11 rings (SSSR count). The van der Waals surface area contributed by atoms with Crippen molar-refractivity contribution in [2.24, 2.45) is 11.8 Å². The van der Waals surface area contributed by atoms with Gasteiger partial charge in [-0.1, -0.05) is 30.6 Å². The molecule has 83 heavy (non-hydrogen) atoms. The predicted octanol–water partition coefficient (Wildman–Crippen LogP) is 15.0. The number of amides is 2. The van der Waals surface area contributed by atoms with Crippen LogP contribution in [0.15, 0.2) is 54.0 Å². The van der Waals surface area contributed by atoms with Gasteiger partial charge in [0.25, 0.3) is 0 Å². The Kier molecular flexibility index (Phi) is 21.4. The number of rotatable bonds is 20. The van der Waals surface area contributed by atoms with Crippen LogP contribution in [0.1, 0.15) is 133 Å². The molecule has 1 unspecified atom stereocenters. The molecule has 3 fully saturated rings. The second-order valence-corrected chi connectivity index (χ2v) is 36.9. The number of benzene rings is 2. The molecular formula is C58H75BrCl2F4N14O3Sn. The second kappa shape index (κ2) is 27.8. The van der Waals surface area contributed by atoms with Gasteiger partial charge in [-0.05, 0) is 69.3 Å². The first-order valence-corrected chi connectivity index (χ1v) is 37.5. The Hall–Kier alpha value is -5.30. The van der Waals surface area contributed by atoms with Crippen LogP contribution in [0.25, 0.3) is 44.4 Å². The minimum absolute atomic E-state index is 0. The Labute approximate surface area is 503 Å². The van der Waals surface area contributed by atoms with Crippen LogP contribution in [0.2, 0.25) is 23.4 Å². The number of anilines is 4. The summed E-state index contributed by atoms with van der Waals surface area (Å²) in [5.74, 6) is -2.10. The number of hydrogen-bond acceptors (Lipinski definition) is 11. The van der Waals surface area contributed by atoms with Crippen molar-refractivity contribution in [2.75, 3.05) is 27.9 Å². The van der Waals surface area contributed by atoms with Crippen LogP contribution in [0, 0.1) is 23.5 Å². The normalized spacial score (nSPS) is 18.4. The summed E-state index contributed by atoms with van der Waals surface area (Å²) in [6.45, 7) is 15.2. The number of unbranched alkanes of at least 4 members (excludes halogenated alkanes) is 3. The molecule has 8 aromatic rings. The van der Waals surface area contributed by atoms with E-state index >= 15 is 4.39 Å². The van der Waals surface area contributed by atoms with Crippen molar-refractivity contribution in [3.8, 4) is 11.3 Å². The SMILES string of the molecule is C.CC(C)Nc1c(F)c(Cl)c(-c2cn3cc(NC(=O)[C@@H]4C[C@@H]4F)nc3cn2)c2cn[nH]c12.CC(C)Nc1c(F)c(Cl)c(Br)c2cn(C3CCCCO3)nc12.CCC[CH2][Sn]([CH2]CCC)([CH2]CCC)[c]1cn2cc(NC(=O)[C@@H]3C[C@@H]3F)nc2cn1. The number of imidazole rings is 2. The van der Waals surface area contributed by atoms with Crippen LogP contribution in [0.4, 0.5) is 40.6 Å². The molecule has 3 aliphatic rings. The van der Waals surface area contributed by atoms with E-state index in [1.807, 2.05) is 50.7 Å². The van der Waals surface area contributed by atoms with Gasteiger partial charge in [0.2, 0.25) is 5.91 Å². The van der Waals surface area contributed by atoms with Gasteiger partial charge >= 0.3 is 178 Å². The van der Waals surface area contributed by atoms with Crippen molar-refractivity contribution in [3.63, 3.8) is 0 Å². The molecule has 2 aromatic carbocycles. The zero-order valence-electron chi connectivity index (χ0n) is 47.2. The van der Waals surface area contributed by atoms with Crippen molar-refractivity contribution < 1.29 is 31.9 Å². The molecule has 25 heteroatoms. The first-order chi connectivity index (χ1) is 39.3. The van der Waals surface area contributed by atoms with Gasteiger partial charge in [-0.2, -0.15) is 10.2 Å². The molecule has 17 nitrogen and oxygen atoms in total. The van der Waals surface area contributed by atoms with E-state index in [2.05, 4.69) is 94.4 Å². The fourth-order valence-electron chi connectivity index (χ4n) is 10.4. The number of H-pyrrole nitrogens is 1. The molecule has 6 aromatic heterocycles. The Morgan fingerprint density at radius 3 is 1.83 bits per heavy atom. The molecule has 2 saturated carbocycles. The fraction of sp³-hybridized carbons (Fsp3) is 0.517. The number of halogens is 7. The monoisotopic (exact) mass is 1360 g/mol. The summed E-state index contributed by atoms with van der Waals surface area (Å²) >= 11 is 13.3. The van der Waals surface area contributed by atoms with E-state index in [4.69, 9.17) is 32.9 Å². The van der Waals surface area contributed by atoms with Gasteiger partial charge in [0.15, 0.2) is 23.1 Å². The number of ether oxygens (including phenoxy) is 1. The fourth-order valence-corrected chi connectivity index (χ4v) is 26.6. The van der Waals surface area contributed by atoms with Crippen molar-refractivity contribution in [1.29, 1.82) is 0 Å². The van der Waals surface area contributed by atoms with Crippen LogP contribution in [0.5, 0.6) is 0 Å². The first kappa shape index (κ1) is 63.7. The third-order valence-electron chi connectivity index (χ3n) is 15.0. The topological polar surface area (TPSA) is 198 Å². The van der Waals surface area contributed by atoms with E-state index in [0.717, 1.165) is 36.9 Å². The number of aromatic nitrogens is 10. The molecule has 2 amide bonds. The number of fused-ring (bicyclic) bond motifs is 4. The molecule has 0 radical (unpaired) electrons. The third kappa shape index (κ3) is 14.5. The maximum atomic E-state index is 15.1. The van der Waals surface area contributed by atoms with Gasteiger partial charge in [-0.3, -0.25) is 14.9 Å². The summed E-state index contributed by atoms with van der Waals surface area (Å²) in [6.07, 6.45) is 23.1. The van der Waals surface area contributed by atoms with Crippen molar-refractivity contribution >= 4 is 129 Å². The number of nitrogens with one attached hydrogen (secondary N) is 5. The van der Waals surface area contributed by atoms with E-state index in [-0.39, 0.29) is 59.6 Å². The quantitative estimate of drug-likeness (QED) is 0.0276. The zero-order valence-corrected chi connectivity index (χ0v) is 53.1. The zero-order chi connectivity index (χ0) is 58.6. The maximum absolute atomic E-state index is 15.1. The van der Waals surface area contributed by atoms with E-state index < -0.39 is 60.1 Å². The van der Waals surface area contributed by atoms with Gasteiger partial charge in [0, 0.05) is 47.4 Å². The summed E-state index contributed by atoms with van der Waals surface area (Å²) in [5.41, 5.74) is 3.62. The number of nitrogens with zero attached hydrogens (tertiary/aromatic N) is 9. The average Bonchev–Trinajstić information content (AvgIpc) is 3.24. The summed E-state index contributed by atoms with van der Waals surface area (Å²) in [6, 6.07) is 0.0614. The van der Waals surface area contributed by atoms with E-state index in [0.29, 0.717) is 55.7 Å². The summed E-state index contributed by atoms with van der Waals surface area (Å²) in [7, 11) is 0. The summed E-state index contributed by atoms with van der Waals surface area (Å²) < 4.78 is 73.0. The number of carbonyl (C=O) groups is 2. The molecule has 0 bridgehead atoms. The van der Waals surface area contributed by atoms with Gasteiger partial charge in [-0.15, -0.1) is 0 Å². The predicted molar refractivity (Wildman–Crippen MR) is 329 cm³/mol. The molecule has 2 aliphatic carbocycles. The van der Waals surface area contributed by atoms with Gasteiger partial charge < -0.3 is 25.1 Å². The molecule has 448 valence electrons. The van der Waals surface area contributed by atoms with Crippen molar-refractivity contribution in [2.45, 2.75) is 170 Å². The molecular weight excluding hydrogens is 1290 g/mol. The van der Waals surface area contributed by atoms with Crippen LogP contribution < -0.4 is 25.0 Å². The van der Waals surface area contributed by atoms with Crippen LogP contribution in [0.3, 0.4) is 0 Å². The average molecular weight is 1360 g/mol. The number of aromatic amines is 1. The second-order valence-electron chi connectivity index (χ2n) is 22.3. The van der Waals surface area contributed by atoms with E-state index in [1.54, 1.807) is 27.7 Å². The molecule has 1 saturated heterocycles. The Balaban J connectivity index is 0.000000164. The van der Waals surface area contributed by atoms with Crippen molar-refractivity contribution in [1.82, 2.24) is 48.7 Å². The number of hydrogen-bond donors (Lipinski definition) is 5. The molecule has 0 spiro atoms. The van der Waals surface area contributed by atoms with E-state index in [1.165, 1.54) is 61.7 Å². The van der Waals surface area contributed by atoms with Gasteiger partial charge in [0.05, 0.1) is 55.9 Å². The Bertz CT molecular complexity index is 3550. The number of carbonyl (C=O) groups excluding carboxylic acids is 2. The van der Waals surface area contributed by atoms with Crippen LogP contribution in [-0.4, -0.2) is 110 Å². The van der Waals surface area contributed by atoms with Crippen LogP contribution >= 0.6 is 39.1 Å². The van der Waals surface area contributed by atoms with Gasteiger partial charge in [0.1, 0.15) is 23.6 Å². The Morgan fingerprint density at radius 1 is 0.759 bits per heavy atom.